The lowest BCUT2D eigenvalue weighted by Gasteiger charge is -2.13. The molecule has 0 aromatic heterocycles. The van der Waals surface area contributed by atoms with Gasteiger partial charge in [0, 0.05) is 12.1 Å². The van der Waals surface area contributed by atoms with E-state index in [-0.39, 0.29) is 41.7 Å². The van der Waals surface area contributed by atoms with Crippen LogP contribution in [0.1, 0.15) is 36.7 Å². The fourth-order valence-corrected chi connectivity index (χ4v) is 4.30. The Balaban J connectivity index is 0.00000420. The molecule has 1 atom stereocenters. The van der Waals surface area contributed by atoms with Crippen molar-refractivity contribution in [3.63, 3.8) is 0 Å². The topological polar surface area (TPSA) is 96.3 Å². The van der Waals surface area contributed by atoms with Crippen molar-refractivity contribution < 1.29 is 22.3 Å². The number of sulfone groups is 1. The summed E-state index contributed by atoms with van der Waals surface area (Å²) >= 11 is 0. The van der Waals surface area contributed by atoms with Gasteiger partial charge in [0.15, 0.2) is 9.84 Å². The van der Waals surface area contributed by atoms with Crippen LogP contribution in [-0.2, 0) is 9.84 Å². The quantitative estimate of drug-likeness (QED) is 0.718. The maximum absolute atomic E-state index is 13.4. The van der Waals surface area contributed by atoms with E-state index in [2.05, 4.69) is 5.32 Å². The first-order valence-electron chi connectivity index (χ1n) is 8.53. The predicted octanol–water partition coefficient (Wildman–Crippen LogP) is 4.35. The molecule has 0 aliphatic carbocycles. The van der Waals surface area contributed by atoms with Crippen LogP contribution in [0, 0.1) is 30.0 Å². The van der Waals surface area contributed by atoms with Crippen molar-refractivity contribution in [1.29, 1.82) is 5.26 Å². The van der Waals surface area contributed by atoms with Crippen LogP contribution in [0.15, 0.2) is 41.3 Å². The van der Waals surface area contributed by atoms with Crippen LogP contribution in [0.25, 0.3) is 0 Å². The van der Waals surface area contributed by atoms with Crippen LogP contribution in [-0.4, -0.2) is 27.2 Å². The Kier molecular flexibility index (Phi) is 8.34. The lowest BCUT2D eigenvalue weighted by Crippen LogP contribution is -2.17. The number of aryl methyl sites for hydroxylation is 1. The van der Waals surface area contributed by atoms with Crippen molar-refractivity contribution in [3.05, 3.63) is 53.3 Å². The van der Waals surface area contributed by atoms with Gasteiger partial charge in [0.25, 0.3) is 5.91 Å². The van der Waals surface area contributed by atoms with Crippen molar-refractivity contribution >= 4 is 21.4 Å². The summed E-state index contributed by atoms with van der Waals surface area (Å²) in [5, 5.41) is 11.3. The highest BCUT2D eigenvalue weighted by Crippen LogP contribution is 2.26. The smallest absolute Gasteiger partial charge is 0.259 e. The fourth-order valence-electron chi connectivity index (χ4n) is 2.66. The van der Waals surface area contributed by atoms with Gasteiger partial charge >= 0.3 is 0 Å². The van der Waals surface area contributed by atoms with Gasteiger partial charge in [-0.2, -0.15) is 5.26 Å². The molecule has 6 nitrogen and oxygen atoms in total. The second-order valence-electron chi connectivity index (χ2n) is 6.53. The van der Waals surface area contributed by atoms with E-state index in [0.717, 1.165) is 0 Å². The standard InChI is InChI=1S/C20H21FN2O4S.CH4/c1-13(8-9-22)12-28(25,26)16-5-7-19(27-3)17(11-16)20(24)23-15-4-6-18(21)14(2)10-15;/h4-7,10-11,13H,8,12H2,1-3H3,(H,23,24);1H4/t13-;/m0./s1. The summed E-state index contributed by atoms with van der Waals surface area (Å²) in [6, 6.07) is 10.1. The predicted molar refractivity (Wildman–Crippen MR) is 110 cm³/mol. The van der Waals surface area contributed by atoms with E-state index in [1.165, 1.54) is 43.5 Å². The Hall–Kier alpha value is -2.92. The maximum Gasteiger partial charge on any atom is 0.259 e. The number of nitriles is 1. The molecule has 29 heavy (non-hydrogen) atoms. The number of amides is 1. The molecule has 1 amide bonds. The average Bonchev–Trinajstić information content (AvgIpc) is 2.63. The van der Waals surface area contributed by atoms with Gasteiger partial charge in [-0.25, -0.2) is 12.8 Å². The minimum Gasteiger partial charge on any atom is -0.496 e. The monoisotopic (exact) mass is 420 g/mol. The van der Waals surface area contributed by atoms with Gasteiger partial charge in [0.2, 0.25) is 0 Å². The largest absolute Gasteiger partial charge is 0.496 e. The molecule has 2 rings (SSSR count). The summed E-state index contributed by atoms with van der Waals surface area (Å²) in [5.74, 6) is -1.30. The number of rotatable bonds is 7. The molecule has 2 aromatic rings. The highest BCUT2D eigenvalue weighted by Gasteiger charge is 2.22. The first-order chi connectivity index (χ1) is 13.2. The van der Waals surface area contributed by atoms with E-state index in [1.807, 2.05) is 6.07 Å². The van der Waals surface area contributed by atoms with E-state index in [9.17, 15) is 17.6 Å². The van der Waals surface area contributed by atoms with E-state index in [0.29, 0.717) is 11.3 Å². The molecular formula is C21H25FN2O4S. The summed E-state index contributed by atoms with van der Waals surface area (Å²) in [6.07, 6.45) is 0.118. The van der Waals surface area contributed by atoms with Crippen LogP contribution in [0.4, 0.5) is 10.1 Å². The minimum absolute atomic E-state index is 0. The normalized spacial score (nSPS) is 11.7. The van der Waals surface area contributed by atoms with Crippen molar-refractivity contribution in [1.82, 2.24) is 0 Å². The van der Waals surface area contributed by atoms with Crippen LogP contribution in [0.2, 0.25) is 0 Å². The highest BCUT2D eigenvalue weighted by atomic mass is 32.2. The molecule has 0 aliphatic heterocycles. The zero-order valence-corrected chi connectivity index (χ0v) is 16.6. The van der Waals surface area contributed by atoms with E-state index >= 15 is 0 Å². The fraction of sp³-hybridized carbons (Fsp3) is 0.333. The van der Waals surface area contributed by atoms with E-state index < -0.39 is 21.6 Å². The maximum atomic E-state index is 13.4. The lowest BCUT2D eigenvalue weighted by molar-refractivity contribution is 0.102. The third-order valence-corrected chi connectivity index (χ3v) is 6.11. The molecule has 0 aliphatic rings. The second kappa shape index (κ2) is 10.0. The first kappa shape index (κ1) is 24.1. The molecule has 156 valence electrons. The van der Waals surface area contributed by atoms with Crippen LogP contribution < -0.4 is 10.1 Å². The number of nitrogens with zero attached hydrogens (tertiary/aromatic N) is 1. The van der Waals surface area contributed by atoms with Crippen molar-refractivity contribution in [2.45, 2.75) is 32.6 Å². The minimum atomic E-state index is -3.68. The van der Waals surface area contributed by atoms with Gasteiger partial charge < -0.3 is 10.1 Å². The summed E-state index contributed by atoms with van der Waals surface area (Å²) in [7, 11) is -2.31. The Morgan fingerprint density at radius 2 is 1.97 bits per heavy atom. The van der Waals surface area contributed by atoms with E-state index in [1.54, 1.807) is 13.8 Å². The van der Waals surface area contributed by atoms with Gasteiger partial charge in [-0.3, -0.25) is 4.79 Å². The molecule has 0 fully saturated rings. The van der Waals surface area contributed by atoms with Crippen LogP contribution in [0.5, 0.6) is 5.75 Å². The summed E-state index contributed by atoms with van der Waals surface area (Å²) in [4.78, 5) is 12.6. The number of hydrogen-bond donors (Lipinski definition) is 1. The highest BCUT2D eigenvalue weighted by molar-refractivity contribution is 7.91. The molecule has 0 unspecified atom stereocenters. The Morgan fingerprint density at radius 3 is 2.55 bits per heavy atom. The zero-order chi connectivity index (χ0) is 20.9. The zero-order valence-electron chi connectivity index (χ0n) is 15.8. The van der Waals surface area contributed by atoms with Gasteiger partial charge in [-0.15, -0.1) is 0 Å². The second-order valence-corrected chi connectivity index (χ2v) is 8.56. The number of benzene rings is 2. The number of ether oxygens (including phenoxy) is 1. The third kappa shape index (κ3) is 6.03. The SMILES string of the molecule is C.COc1ccc(S(=O)(=O)C[C@@H](C)CC#N)cc1C(=O)Nc1ccc(F)c(C)c1. The number of carbonyl (C=O) groups excluding carboxylic acids is 1. The molecule has 2 aromatic carbocycles. The first-order valence-corrected chi connectivity index (χ1v) is 10.2. The molecule has 0 saturated carbocycles. The lowest BCUT2D eigenvalue weighted by atomic mass is 10.1. The Labute approximate surface area is 171 Å². The number of carbonyl (C=O) groups is 1. The molecule has 8 heteroatoms. The van der Waals surface area contributed by atoms with Crippen molar-refractivity contribution in [2.24, 2.45) is 5.92 Å². The number of nitrogens with one attached hydrogen (secondary N) is 1. The summed E-state index contributed by atoms with van der Waals surface area (Å²) < 4.78 is 43.8. The number of hydrogen-bond acceptors (Lipinski definition) is 5. The van der Waals surface area contributed by atoms with Crippen LogP contribution in [0.3, 0.4) is 0 Å². The van der Waals surface area contributed by atoms with Gasteiger partial charge in [0.05, 0.1) is 29.4 Å². The average molecular weight is 421 g/mol. The third-order valence-electron chi connectivity index (χ3n) is 4.13. The summed E-state index contributed by atoms with van der Waals surface area (Å²) in [5.41, 5.74) is 0.785. The molecule has 0 saturated heterocycles. The molecule has 0 radical (unpaired) electrons. The molecule has 0 heterocycles. The van der Waals surface area contributed by atoms with Gasteiger partial charge in [-0.05, 0) is 54.8 Å². The van der Waals surface area contributed by atoms with E-state index in [4.69, 9.17) is 10.00 Å². The molecular weight excluding hydrogens is 395 g/mol. The molecule has 1 N–H and O–H groups in total. The number of anilines is 1. The number of methoxy groups -OCH3 is 1. The summed E-state index contributed by atoms with van der Waals surface area (Å²) in [6.45, 7) is 3.25. The van der Waals surface area contributed by atoms with Crippen LogP contribution >= 0.6 is 0 Å². The number of halogens is 1. The van der Waals surface area contributed by atoms with Crippen molar-refractivity contribution in [2.75, 3.05) is 18.2 Å². The van der Waals surface area contributed by atoms with Crippen molar-refractivity contribution in [3.8, 4) is 11.8 Å². The Bertz CT molecular complexity index is 1030. The molecule has 0 spiro atoms. The Morgan fingerprint density at radius 1 is 1.28 bits per heavy atom. The molecule has 0 bridgehead atoms. The van der Waals surface area contributed by atoms with Gasteiger partial charge in [0.1, 0.15) is 11.6 Å². The van der Waals surface area contributed by atoms with Gasteiger partial charge in [-0.1, -0.05) is 14.4 Å².